The highest BCUT2D eigenvalue weighted by Crippen LogP contribution is 2.26. The van der Waals surface area contributed by atoms with Gasteiger partial charge in [-0.15, -0.1) is 0 Å². The molecule has 0 amide bonds. The van der Waals surface area contributed by atoms with Crippen LogP contribution in [0.15, 0.2) is 16.6 Å². The van der Waals surface area contributed by atoms with E-state index in [2.05, 4.69) is 15.9 Å². The smallest absolute Gasteiger partial charge is 0.338 e. The number of carbonyl (C=O) groups is 2. The molecule has 0 saturated heterocycles. The van der Waals surface area contributed by atoms with Gasteiger partial charge in [-0.3, -0.25) is 4.79 Å². The quantitative estimate of drug-likeness (QED) is 0.389. The Morgan fingerprint density at radius 3 is 2.33 bits per heavy atom. The molecule has 2 N–H and O–H groups in total. The van der Waals surface area contributed by atoms with Gasteiger partial charge < -0.3 is 20.1 Å². The summed E-state index contributed by atoms with van der Waals surface area (Å²) in [5.41, 5.74) is 8.02. The molecule has 0 heterocycles. The second-order valence-corrected chi connectivity index (χ2v) is 6.66. The maximum Gasteiger partial charge on any atom is 0.338 e. The van der Waals surface area contributed by atoms with Crippen LogP contribution in [0, 0.1) is 0 Å². The molecule has 0 fully saturated rings. The average molecular weight is 401 g/mol. The van der Waals surface area contributed by atoms with Gasteiger partial charge in [0.2, 0.25) is 0 Å². The first kappa shape index (κ1) is 20.4. The van der Waals surface area contributed by atoms with Gasteiger partial charge in [-0.25, -0.2) is 4.79 Å². The average Bonchev–Trinajstić information content (AvgIpc) is 2.49. The summed E-state index contributed by atoms with van der Waals surface area (Å²) in [6, 6.07) is 3.45. The number of unbranched alkanes of at least 4 members (excludes halogenated alkanes) is 2. The Hall–Kier alpha value is -1.60. The first-order valence-corrected chi connectivity index (χ1v) is 8.63. The molecule has 0 aliphatic rings. The summed E-state index contributed by atoms with van der Waals surface area (Å²) in [6.45, 7) is 2.77. The van der Waals surface area contributed by atoms with Crippen molar-refractivity contribution in [1.29, 1.82) is 0 Å². The maximum atomic E-state index is 12.2. The number of hydrogen-bond donors (Lipinski definition) is 1. The number of rotatable bonds is 9. The van der Waals surface area contributed by atoms with Crippen LogP contribution >= 0.6 is 15.9 Å². The van der Waals surface area contributed by atoms with Crippen LogP contribution in [0.3, 0.4) is 0 Å². The number of ether oxygens (including phenoxy) is 2. The van der Waals surface area contributed by atoms with E-state index >= 15 is 0 Å². The van der Waals surface area contributed by atoms with Gasteiger partial charge in [0, 0.05) is 17.9 Å². The van der Waals surface area contributed by atoms with Crippen LogP contribution < -0.4 is 5.73 Å². The third kappa shape index (κ3) is 7.31. The number of carbonyl (C=O) groups excluding carboxylic acids is 2. The van der Waals surface area contributed by atoms with E-state index < -0.39 is 0 Å². The summed E-state index contributed by atoms with van der Waals surface area (Å²) in [4.78, 5) is 24.8. The summed E-state index contributed by atoms with van der Waals surface area (Å²) in [6.07, 6.45) is 2.32. The van der Waals surface area contributed by atoms with Crippen molar-refractivity contribution in [1.82, 2.24) is 4.90 Å². The molecule has 1 aromatic carbocycles. The van der Waals surface area contributed by atoms with Crippen LogP contribution in [0.1, 0.15) is 42.1 Å². The molecule has 7 heteroatoms. The van der Waals surface area contributed by atoms with E-state index in [1.807, 2.05) is 19.0 Å². The van der Waals surface area contributed by atoms with Gasteiger partial charge in [-0.05, 0) is 67.0 Å². The fourth-order valence-electron chi connectivity index (χ4n) is 2.11. The molecule has 0 aliphatic heterocycles. The number of nitrogen functional groups attached to an aromatic ring is 1. The number of benzene rings is 1. The molecular weight excluding hydrogens is 376 g/mol. The molecule has 1 aromatic rings. The molecule has 134 valence electrons. The zero-order valence-electron chi connectivity index (χ0n) is 14.4. The van der Waals surface area contributed by atoms with Crippen LogP contribution in [-0.2, 0) is 20.8 Å². The molecule has 0 aromatic heterocycles. The van der Waals surface area contributed by atoms with Crippen molar-refractivity contribution in [3.63, 3.8) is 0 Å². The number of hydrogen-bond acceptors (Lipinski definition) is 6. The van der Waals surface area contributed by atoms with Crippen LogP contribution in [-0.4, -0.2) is 44.1 Å². The first-order valence-electron chi connectivity index (χ1n) is 7.84. The van der Waals surface area contributed by atoms with Crippen LogP contribution in [0.2, 0.25) is 0 Å². The van der Waals surface area contributed by atoms with Gasteiger partial charge in [0.25, 0.3) is 0 Å². The SMILES string of the molecule is CC(=O)OCCCCCOC(=O)c1cc(Br)c(N)c(CN(C)C)c1. The predicted octanol–water partition coefficient (Wildman–Crippen LogP) is 2.98. The van der Waals surface area contributed by atoms with Crippen molar-refractivity contribution in [3.05, 3.63) is 27.7 Å². The van der Waals surface area contributed by atoms with E-state index in [1.54, 1.807) is 12.1 Å². The summed E-state index contributed by atoms with van der Waals surface area (Å²) < 4.78 is 10.8. The number of esters is 2. The highest BCUT2D eigenvalue weighted by atomic mass is 79.9. The lowest BCUT2D eigenvalue weighted by Crippen LogP contribution is -2.14. The Morgan fingerprint density at radius 2 is 1.75 bits per heavy atom. The van der Waals surface area contributed by atoms with Crippen molar-refractivity contribution < 1.29 is 19.1 Å². The van der Waals surface area contributed by atoms with Crippen LogP contribution in [0.5, 0.6) is 0 Å². The Labute approximate surface area is 151 Å². The van der Waals surface area contributed by atoms with Crippen molar-refractivity contribution in [2.75, 3.05) is 33.0 Å². The molecule has 6 nitrogen and oxygen atoms in total. The molecule has 0 aliphatic carbocycles. The molecule has 0 spiro atoms. The predicted molar refractivity (Wildman–Crippen MR) is 96.7 cm³/mol. The molecule has 0 saturated carbocycles. The summed E-state index contributed by atoms with van der Waals surface area (Å²) in [5, 5.41) is 0. The zero-order valence-corrected chi connectivity index (χ0v) is 16.0. The Bertz CT molecular complexity index is 576. The standard InChI is InChI=1S/C17H25BrN2O4/c1-12(21)23-7-5-4-6-8-24-17(22)13-9-14(11-20(2)3)16(19)15(18)10-13/h9-10H,4-8,11,19H2,1-3H3. The van der Waals surface area contributed by atoms with E-state index in [9.17, 15) is 9.59 Å². The van der Waals surface area contributed by atoms with Crippen LogP contribution in [0.25, 0.3) is 0 Å². The van der Waals surface area contributed by atoms with Gasteiger partial charge in [-0.1, -0.05) is 0 Å². The van der Waals surface area contributed by atoms with Crippen molar-refractivity contribution >= 4 is 33.6 Å². The Balaban J connectivity index is 2.47. The van der Waals surface area contributed by atoms with Crippen molar-refractivity contribution in [3.8, 4) is 0 Å². The summed E-state index contributed by atoms with van der Waals surface area (Å²) in [5.74, 6) is -0.639. The molecular formula is C17H25BrN2O4. The molecule has 0 radical (unpaired) electrons. The number of halogens is 1. The van der Waals surface area contributed by atoms with E-state index in [4.69, 9.17) is 15.2 Å². The molecule has 0 unspecified atom stereocenters. The van der Waals surface area contributed by atoms with Crippen molar-refractivity contribution in [2.24, 2.45) is 0 Å². The highest BCUT2D eigenvalue weighted by Gasteiger charge is 2.13. The molecule has 1 rings (SSSR count). The lowest BCUT2D eigenvalue weighted by Gasteiger charge is -2.14. The summed E-state index contributed by atoms with van der Waals surface area (Å²) >= 11 is 3.38. The molecule has 0 atom stereocenters. The minimum absolute atomic E-state index is 0.274. The lowest BCUT2D eigenvalue weighted by molar-refractivity contribution is -0.141. The monoisotopic (exact) mass is 400 g/mol. The second kappa shape index (κ2) is 10.3. The second-order valence-electron chi connectivity index (χ2n) is 5.81. The van der Waals surface area contributed by atoms with Gasteiger partial charge >= 0.3 is 11.9 Å². The minimum Gasteiger partial charge on any atom is -0.466 e. The largest absolute Gasteiger partial charge is 0.466 e. The van der Waals surface area contributed by atoms with Gasteiger partial charge in [0.1, 0.15) is 0 Å². The normalized spacial score (nSPS) is 10.7. The fraction of sp³-hybridized carbons (Fsp3) is 0.529. The van der Waals surface area contributed by atoms with Crippen LogP contribution in [0.4, 0.5) is 5.69 Å². The highest BCUT2D eigenvalue weighted by molar-refractivity contribution is 9.10. The molecule has 0 bridgehead atoms. The number of anilines is 1. The van der Waals surface area contributed by atoms with E-state index in [0.717, 1.165) is 24.8 Å². The van der Waals surface area contributed by atoms with Crippen molar-refractivity contribution in [2.45, 2.75) is 32.7 Å². The van der Waals surface area contributed by atoms with Gasteiger partial charge in [-0.2, -0.15) is 0 Å². The van der Waals surface area contributed by atoms with Gasteiger partial charge in [0.15, 0.2) is 0 Å². The molecule has 24 heavy (non-hydrogen) atoms. The van der Waals surface area contributed by atoms with E-state index in [1.165, 1.54) is 6.92 Å². The number of nitrogens with two attached hydrogens (primary N) is 1. The fourth-order valence-corrected chi connectivity index (χ4v) is 2.61. The summed E-state index contributed by atoms with van der Waals surface area (Å²) in [7, 11) is 3.88. The van der Waals surface area contributed by atoms with Gasteiger partial charge in [0.05, 0.1) is 24.5 Å². The zero-order chi connectivity index (χ0) is 18.1. The lowest BCUT2D eigenvalue weighted by atomic mass is 10.1. The topological polar surface area (TPSA) is 81.9 Å². The Morgan fingerprint density at radius 1 is 1.12 bits per heavy atom. The number of nitrogens with zero attached hydrogens (tertiary/aromatic N) is 1. The third-order valence-corrected chi connectivity index (χ3v) is 3.92. The third-order valence-electron chi connectivity index (χ3n) is 3.26. The van der Waals surface area contributed by atoms with E-state index in [0.29, 0.717) is 35.5 Å². The maximum absolute atomic E-state index is 12.2. The minimum atomic E-state index is -0.365. The Kier molecular flexibility index (Phi) is 8.78. The van der Waals surface area contributed by atoms with E-state index in [-0.39, 0.29) is 11.9 Å². The first-order chi connectivity index (χ1) is 11.3.